The molecule has 1 saturated heterocycles. The molecule has 1 aromatic heterocycles. The van der Waals surface area contributed by atoms with Crippen LogP contribution >= 0.6 is 24.0 Å². The van der Waals surface area contributed by atoms with Gasteiger partial charge in [-0.1, -0.05) is 38.1 Å². The predicted octanol–water partition coefficient (Wildman–Crippen LogP) is 3.16. The van der Waals surface area contributed by atoms with Gasteiger partial charge in [-0.05, 0) is 24.8 Å². The maximum absolute atomic E-state index is 12.2. The molecule has 1 amide bonds. The van der Waals surface area contributed by atoms with E-state index in [1.807, 2.05) is 43.1 Å². The van der Waals surface area contributed by atoms with Crippen molar-refractivity contribution in [2.45, 2.75) is 39.8 Å². The first-order chi connectivity index (χ1) is 13.1. The summed E-state index contributed by atoms with van der Waals surface area (Å²) in [4.78, 5) is 23.4. The molecule has 1 aliphatic heterocycles. The number of benzene rings is 1. The number of pyridine rings is 1. The number of amides is 1. The van der Waals surface area contributed by atoms with E-state index in [1.165, 1.54) is 5.39 Å². The number of likely N-dealkylation sites (tertiary alicyclic amines) is 1. The monoisotopic (exact) mass is 495 g/mol. The fraction of sp³-hybridized carbons (Fsp3) is 0.476. The number of halogens is 1. The van der Waals surface area contributed by atoms with Gasteiger partial charge in [0, 0.05) is 43.2 Å². The Kier molecular flexibility index (Phi) is 8.47. The van der Waals surface area contributed by atoms with Gasteiger partial charge in [0.15, 0.2) is 5.96 Å². The number of hydrogen-bond acceptors (Lipinski definition) is 3. The van der Waals surface area contributed by atoms with Gasteiger partial charge < -0.3 is 15.5 Å². The van der Waals surface area contributed by atoms with Crippen LogP contribution in [0.15, 0.2) is 41.5 Å². The SMILES string of the molecule is CCNC(=NCc1nccc2ccccc12)NC1CCN(C(=O)C(C)C)C1.I. The molecule has 0 aliphatic carbocycles. The van der Waals surface area contributed by atoms with Gasteiger partial charge in [-0.3, -0.25) is 9.78 Å². The Bertz CT molecular complexity index is 818. The van der Waals surface area contributed by atoms with Crippen molar-refractivity contribution >= 4 is 46.6 Å². The number of fused-ring (bicyclic) bond motifs is 1. The molecule has 0 radical (unpaired) electrons. The largest absolute Gasteiger partial charge is 0.357 e. The minimum atomic E-state index is 0. The van der Waals surface area contributed by atoms with Crippen LogP contribution in [0.2, 0.25) is 0 Å². The van der Waals surface area contributed by atoms with Crippen molar-refractivity contribution in [3.05, 3.63) is 42.2 Å². The average molecular weight is 495 g/mol. The van der Waals surface area contributed by atoms with Gasteiger partial charge in [0.25, 0.3) is 0 Å². The van der Waals surface area contributed by atoms with Crippen molar-refractivity contribution in [1.29, 1.82) is 0 Å². The van der Waals surface area contributed by atoms with Crippen LogP contribution in [-0.2, 0) is 11.3 Å². The molecule has 1 aliphatic rings. The Labute approximate surface area is 184 Å². The van der Waals surface area contributed by atoms with Crippen LogP contribution in [0.5, 0.6) is 0 Å². The zero-order chi connectivity index (χ0) is 19.2. The lowest BCUT2D eigenvalue weighted by molar-refractivity contribution is -0.133. The number of hydrogen-bond donors (Lipinski definition) is 2. The van der Waals surface area contributed by atoms with Gasteiger partial charge >= 0.3 is 0 Å². The highest BCUT2D eigenvalue weighted by Crippen LogP contribution is 2.17. The second kappa shape index (κ2) is 10.6. The summed E-state index contributed by atoms with van der Waals surface area (Å²) in [5.74, 6) is 1.04. The van der Waals surface area contributed by atoms with E-state index in [9.17, 15) is 4.79 Å². The molecule has 3 rings (SSSR count). The molecule has 28 heavy (non-hydrogen) atoms. The third-order valence-electron chi connectivity index (χ3n) is 4.82. The third kappa shape index (κ3) is 5.56. The quantitative estimate of drug-likeness (QED) is 0.380. The standard InChI is InChI=1S/C21H29N5O.HI/c1-4-22-21(25-17-10-12-26(14-17)20(27)15(2)3)24-13-19-18-8-6-5-7-16(18)9-11-23-19;/h5-9,11,15,17H,4,10,12-14H2,1-3H3,(H2,22,24,25);1H. The summed E-state index contributed by atoms with van der Waals surface area (Å²) < 4.78 is 0. The average Bonchev–Trinajstić information content (AvgIpc) is 3.14. The van der Waals surface area contributed by atoms with E-state index in [2.05, 4.69) is 34.7 Å². The molecule has 2 aromatic rings. The molecule has 0 saturated carbocycles. The van der Waals surface area contributed by atoms with Gasteiger partial charge in [0.05, 0.1) is 12.2 Å². The summed E-state index contributed by atoms with van der Waals surface area (Å²) >= 11 is 0. The zero-order valence-electron chi connectivity index (χ0n) is 16.8. The summed E-state index contributed by atoms with van der Waals surface area (Å²) in [6.45, 7) is 8.79. The van der Waals surface area contributed by atoms with Crippen molar-refractivity contribution < 1.29 is 4.79 Å². The number of rotatable bonds is 5. The van der Waals surface area contributed by atoms with Crippen molar-refractivity contribution in [2.24, 2.45) is 10.9 Å². The van der Waals surface area contributed by atoms with Crippen LogP contribution in [0, 0.1) is 5.92 Å². The van der Waals surface area contributed by atoms with Gasteiger partial charge in [-0.15, -0.1) is 24.0 Å². The molecule has 0 spiro atoms. The molecular formula is C21H30IN5O. The first kappa shape index (κ1) is 22.4. The lowest BCUT2D eigenvalue weighted by Gasteiger charge is -2.20. The Morgan fingerprint density at radius 2 is 2.11 bits per heavy atom. The molecule has 1 unspecified atom stereocenters. The van der Waals surface area contributed by atoms with E-state index >= 15 is 0 Å². The topological polar surface area (TPSA) is 69.6 Å². The molecule has 1 fully saturated rings. The first-order valence-electron chi connectivity index (χ1n) is 9.74. The van der Waals surface area contributed by atoms with Crippen LogP contribution in [0.4, 0.5) is 0 Å². The Morgan fingerprint density at radius 3 is 2.86 bits per heavy atom. The van der Waals surface area contributed by atoms with Crippen LogP contribution in [0.1, 0.15) is 32.9 Å². The maximum Gasteiger partial charge on any atom is 0.225 e. The highest BCUT2D eigenvalue weighted by Gasteiger charge is 2.27. The minimum Gasteiger partial charge on any atom is -0.357 e. The molecule has 1 aromatic carbocycles. The molecule has 7 heteroatoms. The van der Waals surface area contributed by atoms with E-state index < -0.39 is 0 Å². The van der Waals surface area contributed by atoms with E-state index in [-0.39, 0.29) is 41.8 Å². The van der Waals surface area contributed by atoms with Crippen LogP contribution in [0.25, 0.3) is 10.8 Å². The van der Waals surface area contributed by atoms with Crippen molar-refractivity contribution in [3.8, 4) is 0 Å². The van der Waals surface area contributed by atoms with Crippen LogP contribution in [-0.4, -0.2) is 47.4 Å². The Balaban J connectivity index is 0.00000280. The molecule has 152 valence electrons. The second-order valence-electron chi connectivity index (χ2n) is 7.24. The first-order valence-corrected chi connectivity index (χ1v) is 9.74. The van der Waals surface area contributed by atoms with Gasteiger partial charge in [-0.25, -0.2) is 4.99 Å². The number of guanidine groups is 1. The summed E-state index contributed by atoms with van der Waals surface area (Å²) in [5, 5.41) is 9.09. The molecule has 0 bridgehead atoms. The minimum absolute atomic E-state index is 0. The Hall–Kier alpha value is -1.90. The molecule has 2 heterocycles. The molecule has 1 atom stereocenters. The van der Waals surface area contributed by atoms with Gasteiger partial charge in [0.2, 0.25) is 5.91 Å². The predicted molar refractivity (Wildman–Crippen MR) is 125 cm³/mol. The van der Waals surface area contributed by atoms with Crippen LogP contribution in [0.3, 0.4) is 0 Å². The normalized spacial score (nSPS) is 16.9. The van der Waals surface area contributed by atoms with Crippen molar-refractivity contribution in [3.63, 3.8) is 0 Å². The lowest BCUT2D eigenvalue weighted by atomic mass is 10.1. The summed E-state index contributed by atoms with van der Waals surface area (Å²) in [6, 6.07) is 10.5. The Morgan fingerprint density at radius 1 is 1.32 bits per heavy atom. The summed E-state index contributed by atoms with van der Waals surface area (Å²) in [5.41, 5.74) is 0.966. The number of nitrogens with one attached hydrogen (secondary N) is 2. The second-order valence-corrected chi connectivity index (χ2v) is 7.24. The van der Waals surface area contributed by atoms with Crippen LogP contribution < -0.4 is 10.6 Å². The van der Waals surface area contributed by atoms with E-state index in [1.54, 1.807) is 0 Å². The summed E-state index contributed by atoms with van der Waals surface area (Å²) in [6.07, 6.45) is 2.77. The fourth-order valence-corrected chi connectivity index (χ4v) is 3.42. The van der Waals surface area contributed by atoms with E-state index in [0.717, 1.165) is 43.1 Å². The number of aliphatic imine (C=N–C) groups is 1. The van der Waals surface area contributed by atoms with Crippen molar-refractivity contribution in [2.75, 3.05) is 19.6 Å². The number of aromatic nitrogens is 1. The fourth-order valence-electron chi connectivity index (χ4n) is 3.42. The van der Waals surface area contributed by atoms with E-state index in [4.69, 9.17) is 4.99 Å². The lowest BCUT2D eigenvalue weighted by Crippen LogP contribution is -2.45. The number of carbonyl (C=O) groups is 1. The molecular weight excluding hydrogens is 465 g/mol. The zero-order valence-corrected chi connectivity index (χ0v) is 19.1. The van der Waals surface area contributed by atoms with Gasteiger partial charge in [-0.2, -0.15) is 0 Å². The maximum atomic E-state index is 12.2. The summed E-state index contributed by atoms with van der Waals surface area (Å²) in [7, 11) is 0. The van der Waals surface area contributed by atoms with E-state index in [0.29, 0.717) is 6.54 Å². The molecule has 6 nitrogen and oxygen atoms in total. The third-order valence-corrected chi connectivity index (χ3v) is 4.82. The molecule has 2 N–H and O–H groups in total. The highest BCUT2D eigenvalue weighted by atomic mass is 127. The smallest absolute Gasteiger partial charge is 0.225 e. The number of carbonyl (C=O) groups excluding carboxylic acids is 1. The van der Waals surface area contributed by atoms with Crippen molar-refractivity contribution in [1.82, 2.24) is 20.5 Å². The van der Waals surface area contributed by atoms with Gasteiger partial charge in [0.1, 0.15) is 0 Å². The highest BCUT2D eigenvalue weighted by molar-refractivity contribution is 14.0. The number of nitrogens with zero attached hydrogens (tertiary/aromatic N) is 3.